The molecule has 0 fully saturated rings. The van der Waals surface area contributed by atoms with Crippen molar-refractivity contribution in [2.45, 2.75) is 25.9 Å². The van der Waals surface area contributed by atoms with E-state index in [1.807, 2.05) is 6.20 Å². The lowest BCUT2D eigenvalue weighted by molar-refractivity contribution is 0.541. The first-order chi connectivity index (χ1) is 7.34. The van der Waals surface area contributed by atoms with Crippen molar-refractivity contribution in [1.82, 2.24) is 15.3 Å². The maximum absolute atomic E-state index is 3.98. The number of aromatic amines is 1. The predicted octanol–water partition coefficient (Wildman–Crippen LogP) is 2.19. The third kappa shape index (κ3) is 3.18. The highest BCUT2D eigenvalue weighted by Gasteiger charge is 2.03. The van der Waals surface area contributed by atoms with Crippen molar-refractivity contribution >= 4 is 11.3 Å². The van der Waals surface area contributed by atoms with Crippen molar-refractivity contribution in [3.8, 4) is 0 Å². The van der Waals surface area contributed by atoms with Crippen LogP contribution in [0.1, 0.15) is 18.2 Å². The molecule has 2 aromatic heterocycles. The molecule has 2 heterocycles. The van der Waals surface area contributed by atoms with Crippen LogP contribution in [0.5, 0.6) is 0 Å². The molecule has 4 heteroatoms. The highest BCUT2D eigenvalue weighted by Crippen LogP contribution is 2.08. The predicted molar refractivity (Wildman–Crippen MR) is 62.9 cm³/mol. The molecule has 0 aliphatic rings. The second-order valence-corrected chi connectivity index (χ2v) is 4.47. The summed E-state index contributed by atoms with van der Waals surface area (Å²) in [4.78, 5) is 7.06. The van der Waals surface area contributed by atoms with Crippen molar-refractivity contribution in [3.63, 3.8) is 0 Å². The summed E-state index contributed by atoms with van der Waals surface area (Å²) >= 11 is 1.75. The van der Waals surface area contributed by atoms with E-state index in [4.69, 9.17) is 0 Å². The molecule has 0 aliphatic carbocycles. The summed E-state index contributed by atoms with van der Waals surface area (Å²) in [6.07, 6.45) is 4.64. The second-order valence-electron chi connectivity index (χ2n) is 3.69. The normalized spacial score (nSPS) is 12.9. The van der Waals surface area contributed by atoms with E-state index in [0.717, 1.165) is 18.7 Å². The van der Waals surface area contributed by atoms with Gasteiger partial charge in [0, 0.05) is 24.5 Å². The molecule has 0 saturated carbocycles. The first kappa shape index (κ1) is 10.4. The zero-order chi connectivity index (χ0) is 10.5. The summed E-state index contributed by atoms with van der Waals surface area (Å²) in [5.41, 5.74) is 2.54. The van der Waals surface area contributed by atoms with Gasteiger partial charge in [0.05, 0.1) is 6.33 Å². The van der Waals surface area contributed by atoms with Crippen molar-refractivity contribution in [2.75, 3.05) is 0 Å². The number of H-pyrrole nitrogens is 1. The van der Waals surface area contributed by atoms with E-state index in [1.165, 1.54) is 5.56 Å². The average molecular weight is 221 g/mol. The van der Waals surface area contributed by atoms with Crippen LogP contribution in [-0.4, -0.2) is 16.0 Å². The van der Waals surface area contributed by atoms with Gasteiger partial charge >= 0.3 is 0 Å². The number of imidazole rings is 1. The number of rotatable bonds is 5. The standard InChI is InChI=1S/C11H15N3S/c1-9(4-10-2-3-15-7-10)13-6-11-5-12-8-14-11/h2-3,5,7-9,13H,4,6H2,1H3,(H,12,14). The fraction of sp³-hybridized carbons (Fsp3) is 0.364. The van der Waals surface area contributed by atoms with Gasteiger partial charge in [-0.1, -0.05) is 0 Å². The number of hydrogen-bond donors (Lipinski definition) is 2. The molecule has 2 aromatic rings. The molecule has 0 saturated heterocycles. The summed E-state index contributed by atoms with van der Waals surface area (Å²) in [7, 11) is 0. The average Bonchev–Trinajstić information content (AvgIpc) is 2.86. The summed E-state index contributed by atoms with van der Waals surface area (Å²) in [6, 6.07) is 2.67. The fourth-order valence-electron chi connectivity index (χ4n) is 1.50. The Hall–Kier alpha value is -1.13. The van der Waals surface area contributed by atoms with Crippen LogP contribution in [0.25, 0.3) is 0 Å². The van der Waals surface area contributed by atoms with Crippen LogP contribution in [0.3, 0.4) is 0 Å². The Balaban J connectivity index is 1.76. The number of nitrogens with zero attached hydrogens (tertiary/aromatic N) is 1. The van der Waals surface area contributed by atoms with E-state index < -0.39 is 0 Å². The highest BCUT2D eigenvalue weighted by atomic mass is 32.1. The van der Waals surface area contributed by atoms with Gasteiger partial charge in [-0.2, -0.15) is 11.3 Å². The van der Waals surface area contributed by atoms with Crippen molar-refractivity contribution in [1.29, 1.82) is 0 Å². The van der Waals surface area contributed by atoms with Gasteiger partial charge < -0.3 is 10.3 Å². The summed E-state index contributed by atoms with van der Waals surface area (Å²) < 4.78 is 0. The third-order valence-electron chi connectivity index (χ3n) is 2.32. The molecular weight excluding hydrogens is 206 g/mol. The molecule has 0 aliphatic heterocycles. The number of nitrogens with one attached hydrogen (secondary N) is 2. The Morgan fingerprint density at radius 2 is 2.53 bits per heavy atom. The fourth-order valence-corrected chi connectivity index (χ4v) is 2.18. The van der Waals surface area contributed by atoms with Gasteiger partial charge in [-0.15, -0.1) is 0 Å². The molecule has 80 valence electrons. The SMILES string of the molecule is CC(Cc1ccsc1)NCc1cnc[nH]1. The van der Waals surface area contributed by atoms with Gasteiger partial charge in [-0.05, 0) is 35.7 Å². The quantitative estimate of drug-likeness (QED) is 0.812. The van der Waals surface area contributed by atoms with Crippen LogP contribution in [-0.2, 0) is 13.0 Å². The maximum atomic E-state index is 3.98. The Kier molecular flexibility index (Phi) is 3.53. The van der Waals surface area contributed by atoms with E-state index in [9.17, 15) is 0 Å². The van der Waals surface area contributed by atoms with Crippen molar-refractivity contribution in [2.24, 2.45) is 0 Å². The molecule has 0 bridgehead atoms. The van der Waals surface area contributed by atoms with Crippen LogP contribution in [0.15, 0.2) is 29.4 Å². The first-order valence-corrected chi connectivity index (χ1v) is 6.00. The largest absolute Gasteiger partial charge is 0.347 e. The number of thiophene rings is 1. The Labute approximate surface area is 93.6 Å². The molecule has 0 spiro atoms. The van der Waals surface area contributed by atoms with Crippen LogP contribution < -0.4 is 5.32 Å². The molecule has 2 rings (SSSR count). The minimum atomic E-state index is 0.489. The first-order valence-electron chi connectivity index (χ1n) is 5.06. The third-order valence-corrected chi connectivity index (χ3v) is 3.05. The van der Waals surface area contributed by atoms with E-state index in [1.54, 1.807) is 17.7 Å². The van der Waals surface area contributed by atoms with Crippen molar-refractivity contribution < 1.29 is 0 Å². The van der Waals surface area contributed by atoms with Crippen LogP contribution in [0.2, 0.25) is 0 Å². The summed E-state index contributed by atoms with van der Waals surface area (Å²) in [5.74, 6) is 0. The lowest BCUT2D eigenvalue weighted by Gasteiger charge is -2.11. The van der Waals surface area contributed by atoms with E-state index >= 15 is 0 Å². The Morgan fingerprint density at radius 1 is 1.60 bits per heavy atom. The van der Waals surface area contributed by atoms with E-state index in [2.05, 4.69) is 39.0 Å². The van der Waals surface area contributed by atoms with Gasteiger partial charge in [0.2, 0.25) is 0 Å². The molecular formula is C11H15N3S. The molecule has 0 aromatic carbocycles. The van der Waals surface area contributed by atoms with Crippen molar-refractivity contribution in [3.05, 3.63) is 40.6 Å². The van der Waals surface area contributed by atoms with Gasteiger partial charge in [-0.3, -0.25) is 0 Å². The molecule has 0 radical (unpaired) electrons. The lowest BCUT2D eigenvalue weighted by atomic mass is 10.1. The number of hydrogen-bond acceptors (Lipinski definition) is 3. The molecule has 3 nitrogen and oxygen atoms in total. The molecule has 1 unspecified atom stereocenters. The monoisotopic (exact) mass is 221 g/mol. The van der Waals surface area contributed by atoms with E-state index in [-0.39, 0.29) is 0 Å². The lowest BCUT2D eigenvalue weighted by Crippen LogP contribution is -2.27. The molecule has 1 atom stereocenters. The zero-order valence-corrected chi connectivity index (χ0v) is 9.55. The Bertz CT molecular complexity index is 366. The molecule has 15 heavy (non-hydrogen) atoms. The van der Waals surface area contributed by atoms with Gasteiger partial charge in [0.25, 0.3) is 0 Å². The van der Waals surface area contributed by atoms with Crippen LogP contribution in [0.4, 0.5) is 0 Å². The topological polar surface area (TPSA) is 40.7 Å². The smallest absolute Gasteiger partial charge is 0.0922 e. The molecule has 2 N–H and O–H groups in total. The zero-order valence-electron chi connectivity index (χ0n) is 8.73. The minimum Gasteiger partial charge on any atom is -0.347 e. The maximum Gasteiger partial charge on any atom is 0.0922 e. The van der Waals surface area contributed by atoms with Gasteiger partial charge in [-0.25, -0.2) is 4.98 Å². The molecule has 0 amide bonds. The van der Waals surface area contributed by atoms with Gasteiger partial charge in [0.15, 0.2) is 0 Å². The van der Waals surface area contributed by atoms with Crippen LogP contribution >= 0.6 is 11.3 Å². The van der Waals surface area contributed by atoms with Crippen LogP contribution in [0, 0.1) is 0 Å². The summed E-state index contributed by atoms with van der Waals surface area (Å²) in [5, 5.41) is 7.78. The summed E-state index contributed by atoms with van der Waals surface area (Å²) in [6.45, 7) is 3.05. The highest BCUT2D eigenvalue weighted by molar-refractivity contribution is 7.07. The number of aromatic nitrogens is 2. The second kappa shape index (κ2) is 5.09. The minimum absolute atomic E-state index is 0.489. The Morgan fingerprint density at radius 3 is 3.20 bits per heavy atom. The van der Waals surface area contributed by atoms with E-state index in [0.29, 0.717) is 6.04 Å². The van der Waals surface area contributed by atoms with Gasteiger partial charge in [0.1, 0.15) is 0 Å².